The van der Waals surface area contributed by atoms with E-state index < -0.39 is 5.97 Å². The lowest BCUT2D eigenvalue weighted by Gasteiger charge is -1.99. The van der Waals surface area contributed by atoms with Crippen molar-refractivity contribution < 1.29 is 14.3 Å². The van der Waals surface area contributed by atoms with Gasteiger partial charge >= 0.3 is 5.97 Å². The number of methoxy groups -OCH3 is 2. The summed E-state index contributed by atoms with van der Waals surface area (Å²) in [6, 6.07) is 0. The van der Waals surface area contributed by atoms with Gasteiger partial charge in [0, 0.05) is 5.38 Å². The van der Waals surface area contributed by atoms with Crippen LogP contribution in [-0.4, -0.2) is 30.2 Å². The average Bonchev–Trinajstić information content (AvgIpc) is 2.71. The number of rotatable bonds is 2. The minimum atomic E-state index is -0.401. The molecule has 78 valence electrons. The summed E-state index contributed by atoms with van der Waals surface area (Å²) in [5, 5.41) is 1.69. The highest BCUT2D eigenvalue weighted by Crippen LogP contribution is 2.30. The van der Waals surface area contributed by atoms with E-state index in [2.05, 4.69) is 14.7 Å². The van der Waals surface area contributed by atoms with Gasteiger partial charge in [-0.15, -0.1) is 11.3 Å². The summed E-state index contributed by atoms with van der Waals surface area (Å²) >= 11 is 1.36. The molecule has 0 amide bonds. The Morgan fingerprint density at radius 1 is 1.40 bits per heavy atom. The normalized spacial score (nSPS) is 10.3. The highest BCUT2D eigenvalue weighted by Gasteiger charge is 2.16. The molecule has 2 rings (SSSR count). The first-order valence-corrected chi connectivity index (χ1v) is 5.00. The highest BCUT2D eigenvalue weighted by atomic mass is 32.1. The predicted molar refractivity (Wildman–Crippen MR) is 55.3 cm³/mol. The van der Waals surface area contributed by atoms with E-state index in [1.807, 2.05) is 0 Å². The molecule has 5 nitrogen and oxygen atoms in total. The van der Waals surface area contributed by atoms with E-state index in [1.54, 1.807) is 5.38 Å². The van der Waals surface area contributed by atoms with E-state index in [4.69, 9.17) is 4.74 Å². The van der Waals surface area contributed by atoms with Gasteiger partial charge in [-0.3, -0.25) is 0 Å². The first-order valence-electron chi connectivity index (χ1n) is 4.12. The van der Waals surface area contributed by atoms with Crippen molar-refractivity contribution in [3.63, 3.8) is 0 Å². The molecular formula is C9H8N2O3S. The predicted octanol–water partition coefficient (Wildman–Crippen LogP) is 1.49. The van der Waals surface area contributed by atoms with E-state index in [0.717, 1.165) is 4.70 Å². The fourth-order valence-electron chi connectivity index (χ4n) is 1.23. The van der Waals surface area contributed by atoms with Gasteiger partial charge in [0.2, 0.25) is 5.88 Å². The fourth-order valence-corrected chi connectivity index (χ4v) is 2.18. The van der Waals surface area contributed by atoms with Crippen LogP contribution in [0, 0.1) is 0 Å². The topological polar surface area (TPSA) is 61.3 Å². The minimum absolute atomic E-state index is 0.401. The van der Waals surface area contributed by atoms with Gasteiger partial charge in [0.1, 0.15) is 16.5 Å². The van der Waals surface area contributed by atoms with E-state index in [9.17, 15) is 4.79 Å². The summed E-state index contributed by atoms with van der Waals surface area (Å²) in [6.07, 6.45) is 1.36. The molecule has 0 atom stereocenters. The maximum Gasteiger partial charge on any atom is 0.340 e. The lowest BCUT2D eigenvalue weighted by molar-refractivity contribution is 0.0603. The van der Waals surface area contributed by atoms with Gasteiger partial charge in [-0.2, -0.15) is 0 Å². The van der Waals surface area contributed by atoms with Gasteiger partial charge in [-0.05, 0) is 0 Å². The molecule has 0 unspecified atom stereocenters. The number of aromatic nitrogens is 2. The van der Waals surface area contributed by atoms with Crippen molar-refractivity contribution in [2.75, 3.05) is 14.2 Å². The zero-order valence-corrected chi connectivity index (χ0v) is 9.00. The van der Waals surface area contributed by atoms with Crippen molar-refractivity contribution >= 4 is 27.5 Å². The van der Waals surface area contributed by atoms with Crippen LogP contribution in [-0.2, 0) is 4.74 Å². The highest BCUT2D eigenvalue weighted by molar-refractivity contribution is 7.17. The summed E-state index contributed by atoms with van der Waals surface area (Å²) in [7, 11) is 2.86. The van der Waals surface area contributed by atoms with Crippen molar-refractivity contribution in [1.29, 1.82) is 0 Å². The van der Waals surface area contributed by atoms with Gasteiger partial charge < -0.3 is 9.47 Å². The number of nitrogens with zero attached hydrogens (tertiary/aromatic N) is 2. The Morgan fingerprint density at radius 2 is 2.20 bits per heavy atom. The van der Waals surface area contributed by atoms with Crippen LogP contribution in [0.3, 0.4) is 0 Å². The maximum atomic E-state index is 11.4. The molecule has 0 N–H and O–H groups in total. The van der Waals surface area contributed by atoms with Crippen LogP contribution >= 0.6 is 11.3 Å². The lowest BCUT2D eigenvalue weighted by atomic mass is 10.3. The number of fused-ring (bicyclic) bond motifs is 1. The molecule has 0 aliphatic carbocycles. The van der Waals surface area contributed by atoms with Gasteiger partial charge in [0.25, 0.3) is 0 Å². The number of ether oxygens (including phenoxy) is 2. The second-order valence-corrected chi connectivity index (χ2v) is 3.58. The van der Waals surface area contributed by atoms with Gasteiger partial charge in [-0.25, -0.2) is 14.8 Å². The summed E-state index contributed by atoms with van der Waals surface area (Å²) in [5.74, 6) is 0.0714. The lowest BCUT2D eigenvalue weighted by Crippen LogP contribution is -2.00. The summed E-state index contributed by atoms with van der Waals surface area (Å²) in [4.78, 5) is 19.4. The molecule has 0 aliphatic rings. The van der Waals surface area contributed by atoms with Crippen LogP contribution in [0.1, 0.15) is 10.4 Å². The average molecular weight is 224 g/mol. The van der Waals surface area contributed by atoms with Crippen molar-refractivity contribution in [1.82, 2.24) is 9.97 Å². The number of carbonyl (C=O) groups is 1. The monoisotopic (exact) mass is 224 g/mol. The molecule has 0 radical (unpaired) electrons. The third kappa shape index (κ3) is 1.52. The largest absolute Gasteiger partial charge is 0.480 e. The van der Waals surface area contributed by atoms with Crippen molar-refractivity contribution in [2.45, 2.75) is 0 Å². The van der Waals surface area contributed by atoms with Gasteiger partial charge in [0.15, 0.2) is 0 Å². The van der Waals surface area contributed by atoms with E-state index in [-0.39, 0.29) is 0 Å². The molecule has 0 bridgehead atoms. The van der Waals surface area contributed by atoms with Crippen LogP contribution in [0.4, 0.5) is 0 Å². The van der Waals surface area contributed by atoms with Crippen LogP contribution in [0.25, 0.3) is 10.2 Å². The first kappa shape index (κ1) is 9.85. The Morgan fingerprint density at radius 3 is 2.87 bits per heavy atom. The molecule has 15 heavy (non-hydrogen) atoms. The third-order valence-electron chi connectivity index (χ3n) is 1.92. The number of esters is 1. The van der Waals surface area contributed by atoms with Crippen LogP contribution < -0.4 is 4.74 Å². The van der Waals surface area contributed by atoms with Crippen molar-refractivity contribution in [2.24, 2.45) is 0 Å². The molecule has 0 aromatic carbocycles. The third-order valence-corrected chi connectivity index (χ3v) is 2.88. The van der Waals surface area contributed by atoms with Crippen LogP contribution in [0.5, 0.6) is 5.88 Å². The Hall–Kier alpha value is -1.69. The van der Waals surface area contributed by atoms with E-state index in [0.29, 0.717) is 17.0 Å². The first-order chi connectivity index (χ1) is 7.27. The van der Waals surface area contributed by atoms with Crippen LogP contribution in [0.2, 0.25) is 0 Å². The molecule has 2 heterocycles. The maximum absolute atomic E-state index is 11.4. The molecule has 0 fully saturated rings. The Labute approximate surface area is 89.7 Å². The summed E-state index contributed by atoms with van der Waals surface area (Å²) < 4.78 is 10.5. The smallest absolute Gasteiger partial charge is 0.340 e. The quantitative estimate of drug-likeness (QED) is 0.723. The standard InChI is InChI=1S/C9H8N2O3S/c1-13-8-7-6(10-4-11-8)5(3-15-7)9(12)14-2/h3-4H,1-2H3. The number of carbonyl (C=O) groups excluding carboxylic acids is 1. The molecule has 0 spiro atoms. The second-order valence-electron chi connectivity index (χ2n) is 2.70. The summed E-state index contributed by atoms with van der Waals surface area (Å²) in [5.41, 5.74) is 1.01. The number of hydrogen-bond donors (Lipinski definition) is 0. The van der Waals surface area contributed by atoms with Crippen LogP contribution in [0.15, 0.2) is 11.7 Å². The molecule has 0 saturated carbocycles. The zero-order valence-electron chi connectivity index (χ0n) is 8.18. The fraction of sp³-hybridized carbons (Fsp3) is 0.222. The van der Waals surface area contributed by atoms with Gasteiger partial charge in [-0.1, -0.05) is 0 Å². The van der Waals surface area contributed by atoms with E-state index in [1.165, 1.54) is 31.9 Å². The molecule has 0 saturated heterocycles. The molecule has 0 aliphatic heterocycles. The molecule has 6 heteroatoms. The SMILES string of the molecule is COC(=O)c1csc2c(OC)ncnc12. The number of thiophene rings is 1. The Balaban J connectivity index is 2.66. The summed E-state index contributed by atoms with van der Waals surface area (Å²) in [6.45, 7) is 0. The molecular weight excluding hydrogens is 216 g/mol. The zero-order chi connectivity index (χ0) is 10.8. The molecule has 2 aromatic heterocycles. The molecule has 2 aromatic rings. The number of hydrogen-bond acceptors (Lipinski definition) is 6. The van der Waals surface area contributed by atoms with Crippen molar-refractivity contribution in [3.05, 3.63) is 17.3 Å². The van der Waals surface area contributed by atoms with Crippen molar-refractivity contribution in [3.8, 4) is 5.88 Å². The van der Waals surface area contributed by atoms with E-state index >= 15 is 0 Å². The Kier molecular flexibility index (Phi) is 2.51. The Bertz CT molecular complexity index is 509. The second kappa shape index (κ2) is 3.82. The minimum Gasteiger partial charge on any atom is -0.480 e. The van der Waals surface area contributed by atoms with Gasteiger partial charge in [0.05, 0.1) is 19.8 Å².